The number of nitrogens with two attached hydrogens (primary N) is 1. The van der Waals surface area contributed by atoms with Crippen molar-refractivity contribution < 1.29 is 26.3 Å². The summed E-state index contributed by atoms with van der Waals surface area (Å²) in [7, 11) is -3.89. The van der Waals surface area contributed by atoms with Crippen LogP contribution in [0.1, 0.15) is 32.1 Å². The fraction of sp³-hybridized carbons (Fsp3) is 0.391. The van der Waals surface area contributed by atoms with Gasteiger partial charge in [0.15, 0.2) is 0 Å². The van der Waals surface area contributed by atoms with E-state index in [-0.39, 0.29) is 33.0 Å². The third-order valence-electron chi connectivity index (χ3n) is 6.00. The van der Waals surface area contributed by atoms with Crippen molar-refractivity contribution in [2.45, 2.75) is 47.9 Å². The maximum absolute atomic E-state index is 13.4. The van der Waals surface area contributed by atoms with Crippen LogP contribution in [0.5, 0.6) is 11.5 Å². The summed E-state index contributed by atoms with van der Waals surface area (Å²) in [6.07, 6.45) is 5.69. The van der Waals surface area contributed by atoms with Crippen molar-refractivity contribution in [2.24, 2.45) is 17.2 Å². The lowest BCUT2D eigenvalue weighted by atomic mass is 9.96. The van der Waals surface area contributed by atoms with Crippen LogP contribution in [-0.2, 0) is 27.1 Å². The Kier molecular flexibility index (Phi) is 7.92. The Labute approximate surface area is 220 Å². The summed E-state index contributed by atoms with van der Waals surface area (Å²) in [6, 6.07) is 8.81. The Morgan fingerprint density at radius 2 is 1.65 bits per heavy atom. The number of nitrogens with zero attached hydrogens (tertiary/aromatic N) is 3. The van der Waals surface area contributed by atoms with Crippen LogP contribution in [0.15, 0.2) is 51.2 Å². The number of methoxy groups -OCH3 is 2. The minimum Gasteiger partial charge on any atom is -0.495 e. The lowest BCUT2D eigenvalue weighted by Gasteiger charge is -2.16. The molecule has 0 spiro atoms. The molecule has 0 unspecified atom stereocenters. The zero-order valence-corrected chi connectivity index (χ0v) is 23.1. The van der Waals surface area contributed by atoms with Gasteiger partial charge in [-0.1, -0.05) is 30.6 Å². The number of hydrogen-bond acceptors (Lipinski definition) is 9. The number of sulfonamides is 2. The summed E-state index contributed by atoms with van der Waals surface area (Å²) >= 11 is 1.39. The predicted octanol–water partition coefficient (Wildman–Crippen LogP) is 2.85. The third-order valence-corrected chi connectivity index (χ3v) is 9.39. The molecule has 1 aromatic heterocycles. The van der Waals surface area contributed by atoms with Gasteiger partial charge in [-0.2, -0.15) is 5.10 Å². The summed E-state index contributed by atoms with van der Waals surface area (Å²) in [4.78, 5) is 5.15. The number of ether oxygens (including phenoxy) is 2. The molecule has 14 heteroatoms. The quantitative estimate of drug-likeness (QED) is 0.424. The molecule has 1 heterocycles. The Morgan fingerprint density at radius 3 is 2.30 bits per heavy atom. The first kappa shape index (κ1) is 27.1. The molecule has 0 amide bonds. The number of nitrogens with one attached hydrogen (secondary N) is 1. The SMILES string of the molecule is COc1ccc(NS(=O)(=O)c2cc(-c3nn(C)c(=NC4CCCCC4)s3)ccc2OC)cc1S(N)(=O)=O. The van der Waals surface area contributed by atoms with Crippen LogP contribution in [0, 0.1) is 0 Å². The van der Waals surface area contributed by atoms with Crippen molar-refractivity contribution in [2.75, 3.05) is 18.9 Å². The van der Waals surface area contributed by atoms with E-state index >= 15 is 0 Å². The Morgan fingerprint density at radius 1 is 1.00 bits per heavy atom. The first-order chi connectivity index (χ1) is 17.5. The van der Waals surface area contributed by atoms with Crippen LogP contribution in [-0.4, -0.2) is 46.9 Å². The first-order valence-corrected chi connectivity index (χ1v) is 15.4. The summed E-state index contributed by atoms with van der Waals surface area (Å²) in [5, 5.41) is 10.4. The van der Waals surface area contributed by atoms with Gasteiger partial charge in [0.1, 0.15) is 26.3 Å². The van der Waals surface area contributed by atoms with Crippen LogP contribution in [0.4, 0.5) is 5.69 Å². The van der Waals surface area contributed by atoms with E-state index in [1.807, 2.05) is 7.05 Å². The second-order valence-electron chi connectivity index (χ2n) is 8.62. The molecule has 1 aliphatic rings. The lowest BCUT2D eigenvalue weighted by molar-refractivity contribution is 0.402. The van der Waals surface area contributed by atoms with Gasteiger partial charge < -0.3 is 9.47 Å². The summed E-state index contributed by atoms with van der Waals surface area (Å²) < 4.78 is 65.1. The van der Waals surface area contributed by atoms with Gasteiger partial charge in [-0.3, -0.25) is 9.71 Å². The molecule has 0 radical (unpaired) electrons. The fourth-order valence-electron chi connectivity index (χ4n) is 4.14. The van der Waals surface area contributed by atoms with Crippen LogP contribution < -0.4 is 24.1 Å². The fourth-order valence-corrected chi connectivity index (χ4v) is 7.06. The van der Waals surface area contributed by atoms with E-state index in [1.165, 1.54) is 63.0 Å². The number of rotatable bonds is 8. The summed E-state index contributed by atoms with van der Waals surface area (Å²) in [5.41, 5.74) is 0.568. The third kappa shape index (κ3) is 6.14. The number of benzene rings is 2. The molecule has 1 saturated carbocycles. The number of aryl methyl sites for hydroxylation is 1. The molecular formula is C23H29N5O6S3. The molecule has 0 atom stereocenters. The Balaban J connectivity index is 1.70. The highest BCUT2D eigenvalue weighted by Gasteiger charge is 2.24. The average molecular weight is 568 g/mol. The topological polar surface area (TPSA) is 155 Å². The van der Waals surface area contributed by atoms with Gasteiger partial charge >= 0.3 is 0 Å². The number of aromatic nitrogens is 2. The van der Waals surface area contributed by atoms with Crippen molar-refractivity contribution in [3.05, 3.63) is 41.2 Å². The molecule has 3 aromatic rings. The molecule has 11 nitrogen and oxygen atoms in total. The molecule has 37 heavy (non-hydrogen) atoms. The predicted molar refractivity (Wildman–Crippen MR) is 141 cm³/mol. The highest BCUT2D eigenvalue weighted by molar-refractivity contribution is 7.92. The standard InChI is InChI=1S/C23H29N5O6S3/c1-28-23(25-16-7-5-4-6-8-16)35-22(26-28)15-9-11-19(34-3)21(13-15)37(31,32)27-17-10-12-18(33-2)20(14-17)36(24,29)30/h9-14,16,27H,4-8H2,1-3H3,(H2,24,29,30). The number of hydrogen-bond donors (Lipinski definition) is 2. The van der Waals surface area contributed by atoms with E-state index in [2.05, 4.69) is 9.82 Å². The van der Waals surface area contributed by atoms with E-state index in [9.17, 15) is 16.8 Å². The molecular weight excluding hydrogens is 538 g/mol. The van der Waals surface area contributed by atoms with Gasteiger partial charge in [-0.25, -0.2) is 26.7 Å². The van der Waals surface area contributed by atoms with Crippen molar-refractivity contribution in [3.63, 3.8) is 0 Å². The molecule has 1 fully saturated rings. The van der Waals surface area contributed by atoms with Crippen molar-refractivity contribution in [3.8, 4) is 22.1 Å². The van der Waals surface area contributed by atoms with E-state index in [4.69, 9.17) is 19.6 Å². The minimum atomic E-state index is -4.20. The van der Waals surface area contributed by atoms with E-state index in [1.54, 1.807) is 16.8 Å². The molecule has 0 saturated heterocycles. The van der Waals surface area contributed by atoms with Gasteiger partial charge in [0, 0.05) is 12.6 Å². The highest BCUT2D eigenvalue weighted by atomic mass is 32.2. The Bertz CT molecular complexity index is 1570. The highest BCUT2D eigenvalue weighted by Crippen LogP contribution is 2.33. The summed E-state index contributed by atoms with van der Waals surface area (Å²) in [6.45, 7) is 0. The second-order valence-corrected chi connectivity index (χ2v) is 12.8. The maximum atomic E-state index is 13.4. The van der Waals surface area contributed by atoms with Gasteiger partial charge in [0.25, 0.3) is 10.0 Å². The van der Waals surface area contributed by atoms with Crippen molar-refractivity contribution in [1.29, 1.82) is 0 Å². The molecule has 3 N–H and O–H groups in total. The van der Waals surface area contributed by atoms with Crippen LogP contribution in [0.3, 0.4) is 0 Å². The number of primary sulfonamides is 1. The van der Waals surface area contributed by atoms with Crippen LogP contribution >= 0.6 is 11.3 Å². The normalized spacial score (nSPS) is 15.5. The van der Waals surface area contributed by atoms with Crippen LogP contribution in [0.25, 0.3) is 10.6 Å². The van der Waals surface area contributed by atoms with Crippen molar-refractivity contribution in [1.82, 2.24) is 9.78 Å². The molecule has 2 aromatic carbocycles. The zero-order valence-electron chi connectivity index (χ0n) is 20.7. The first-order valence-electron chi connectivity index (χ1n) is 11.5. The van der Waals surface area contributed by atoms with Crippen molar-refractivity contribution >= 4 is 37.1 Å². The van der Waals surface area contributed by atoms with Gasteiger partial charge in [0.2, 0.25) is 14.8 Å². The average Bonchev–Trinajstić information content (AvgIpc) is 3.23. The molecule has 4 rings (SSSR count). The minimum absolute atomic E-state index is 0.00360. The monoisotopic (exact) mass is 567 g/mol. The van der Waals surface area contributed by atoms with Gasteiger partial charge in [-0.05, 0) is 49.2 Å². The number of anilines is 1. The summed E-state index contributed by atoms with van der Waals surface area (Å²) in [5.74, 6) is 0.112. The van der Waals surface area contributed by atoms with Gasteiger partial charge in [0.05, 0.1) is 25.9 Å². The van der Waals surface area contributed by atoms with E-state index in [0.29, 0.717) is 10.6 Å². The van der Waals surface area contributed by atoms with E-state index < -0.39 is 20.0 Å². The molecule has 0 bridgehead atoms. The van der Waals surface area contributed by atoms with Crippen LogP contribution in [0.2, 0.25) is 0 Å². The molecule has 200 valence electrons. The van der Waals surface area contributed by atoms with E-state index in [0.717, 1.165) is 23.7 Å². The second kappa shape index (κ2) is 10.8. The zero-order chi connectivity index (χ0) is 26.8. The van der Waals surface area contributed by atoms with Gasteiger partial charge in [-0.15, -0.1) is 0 Å². The Hall–Kier alpha value is -2.94. The lowest BCUT2D eigenvalue weighted by Crippen LogP contribution is -2.18. The smallest absolute Gasteiger partial charge is 0.265 e. The largest absolute Gasteiger partial charge is 0.495 e. The maximum Gasteiger partial charge on any atom is 0.265 e. The molecule has 0 aliphatic heterocycles. The molecule has 1 aliphatic carbocycles.